The highest BCUT2D eigenvalue weighted by molar-refractivity contribution is 6.16. The molecule has 1 fully saturated rings. The molecular weight excluding hydrogens is 296 g/mol. The van der Waals surface area contributed by atoms with E-state index in [2.05, 4.69) is 5.16 Å². The second-order valence-corrected chi connectivity index (χ2v) is 6.68. The molecule has 3 rings (SSSR count). The number of oxime groups is 1. The minimum atomic E-state index is -0.670. The van der Waals surface area contributed by atoms with Crippen LogP contribution in [0.25, 0.3) is 0 Å². The Kier molecular flexibility index (Phi) is 3.62. The lowest BCUT2D eigenvalue weighted by atomic mass is 9.91. The molecule has 0 aromatic heterocycles. The summed E-state index contributed by atoms with van der Waals surface area (Å²) in [5.74, 6) is -0.941. The standard InChI is InChI=1S/C17H20N2O4/c1-10-5-7-12(8-6-10)14-13(11(2)23-18-14)15(20)19-9-17(3,4)22-16(19)21/h5-8,11,13H,9H2,1-4H3/t11-,13-/m0/s1. The number of hydrogen-bond acceptors (Lipinski definition) is 5. The Morgan fingerprint density at radius 2 is 1.96 bits per heavy atom. The van der Waals surface area contributed by atoms with Gasteiger partial charge in [0.15, 0.2) is 0 Å². The number of benzene rings is 1. The molecule has 0 aliphatic carbocycles. The summed E-state index contributed by atoms with van der Waals surface area (Å²) in [5.41, 5.74) is 1.83. The van der Waals surface area contributed by atoms with Crippen LogP contribution in [0.1, 0.15) is 31.9 Å². The first-order valence-electron chi connectivity index (χ1n) is 7.63. The molecule has 0 unspecified atom stereocenters. The van der Waals surface area contributed by atoms with E-state index in [1.165, 1.54) is 0 Å². The summed E-state index contributed by atoms with van der Waals surface area (Å²) in [4.78, 5) is 31.3. The Morgan fingerprint density at radius 3 is 2.52 bits per heavy atom. The van der Waals surface area contributed by atoms with Gasteiger partial charge < -0.3 is 9.57 Å². The minimum Gasteiger partial charge on any atom is -0.441 e. The molecule has 1 aromatic carbocycles. The number of amides is 2. The van der Waals surface area contributed by atoms with Crippen LogP contribution in [0.15, 0.2) is 29.4 Å². The molecule has 1 aromatic rings. The lowest BCUT2D eigenvalue weighted by Crippen LogP contribution is -2.43. The zero-order valence-corrected chi connectivity index (χ0v) is 13.7. The molecule has 0 saturated carbocycles. The number of ether oxygens (including phenoxy) is 1. The van der Waals surface area contributed by atoms with Crippen molar-refractivity contribution >= 4 is 17.7 Å². The van der Waals surface area contributed by atoms with Gasteiger partial charge in [0.05, 0.1) is 6.54 Å². The van der Waals surface area contributed by atoms with Gasteiger partial charge in [0.2, 0.25) is 5.91 Å². The van der Waals surface area contributed by atoms with Crippen molar-refractivity contribution in [3.63, 3.8) is 0 Å². The topological polar surface area (TPSA) is 68.2 Å². The van der Waals surface area contributed by atoms with E-state index in [0.717, 1.165) is 16.0 Å². The Bertz CT molecular complexity index is 678. The van der Waals surface area contributed by atoms with E-state index in [1.807, 2.05) is 31.2 Å². The molecular formula is C17H20N2O4. The zero-order chi connectivity index (χ0) is 16.8. The Morgan fingerprint density at radius 1 is 1.30 bits per heavy atom. The third-order valence-electron chi connectivity index (χ3n) is 4.08. The maximum atomic E-state index is 12.9. The second kappa shape index (κ2) is 5.37. The van der Waals surface area contributed by atoms with Crippen LogP contribution < -0.4 is 0 Å². The van der Waals surface area contributed by atoms with Crippen molar-refractivity contribution in [2.75, 3.05) is 6.54 Å². The predicted molar refractivity (Wildman–Crippen MR) is 84.0 cm³/mol. The molecule has 122 valence electrons. The van der Waals surface area contributed by atoms with Crippen LogP contribution in [-0.4, -0.2) is 40.9 Å². The molecule has 1 saturated heterocycles. The molecule has 0 radical (unpaired) electrons. The third kappa shape index (κ3) is 2.81. The van der Waals surface area contributed by atoms with Gasteiger partial charge in [0.1, 0.15) is 23.3 Å². The molecule has 0 bridgehead atoms. The molecule has 2 aliphatic heterocycles. The number of aryl methyl sites for hydroxylation is 1. The van der Waals surface area contributed by atoms with E-state index in [-0.39, 0.29) is 12.5 Å². The van der Waals surface area contributed by atoms with E-state index in [0.29, 0.717) is 5.71 Å². The molecule has 2 aliphatic rings. The van der Waals surface area contributed by atoms with Crippen LogP contribution in [0.4, 0.5) is 4.79 Å². The number of cyclic esters (lactones) is 1. The first-order chi connectivity index (χ1) is 10.8. The van der Waals surface area contributed by atoms with Gasteiger partial charge in [-0.2, -0.15) is 0 Å². The molecule has 0 spiro atoms. The third-order valence-corrected chi connectivity index (χ3v) is 4.08. The van der Waals surface area contributed by atoms with Gasteiger partial charge in [-0.1, -0.05) is 35.0 Å². The first kappa shape index (κ1) is 15.5. The number of carbonyl (C=O) groups is 2. The molecule has 6 heteroatoms. The molecule has 2 atom stereocenters. The summed E-state index contributed by atoms with van der Waals surface area (Å²) >= 11 is 0. The Labute approximate surface area is 135 Å². The van der Waals surface area contributed by atoms with Crippen LogP contribution >= 0.6 is 0 Å². The van der Waals surface area contributed by atoms with Crippen molar-refractivity contribution < 1.29 is 19.2 Å². The van der Waals surface area contributed by atoms with Crippen LogP contribution in [0.5, 0.6) is 0 Å². The number of hydrogen-bond donors (Lipinski definition) is 0. The monoisotopic (exact) mass is 316 g/mol. The summed E-state index contributed by atoms with van der Waals surface area (Å²) in [5, 5.41) is 4.07. The number of imide groups is 1. The van der Waals surface area contributed by atoms with Crippen LogP contribution in [-0.2, 0) is 14.4 Å². The fraction of sp³-hybridized carbons (Fsp3) is 0.471. The summed E-state index contributed by atoms with van der Waals surface area (Å²) in [6.07, 6.45) is -1.03. The van der Waals surface area contributed by atoms with Crippen molar-refractivity contribution in [3.8, 4) is 0 Å². The maximum absolute atomic E-state index is 12.9. The molecule has 2 amide bonds. The van der Waals surface area contributed by atoms with Crippen LogP contribution in [0, 0.1) is 12.8 Å². The normalized spacial score (nSPS) is 25.8. The fourth-order valence-corrected chi connectivity index (χ4v) is 2.86. The molecule has 0 N–H and O–H groups in total. The average Bonchev–Trinajstić information content (AvgIpc) is 2.98. The van der Waals surface area contributed by atoms with Gasteiger partial charge in [-0.25, -0.2) is 9.69 Å². The SMILES string of the molecule is Cc1ccc(C2=NO[C@@H](C)[C@@H]2C(=O)N2CC(C)(C)OC2=O)cc1. The van der Waals surface area contributed by atoms with E-state index in [9.17, 15) is 9.59 Å². The molecule has 6 nitrogen and oxygen atoms in total. The summed E-state index contributed by atoms with van der Waals surface area (Å²) in [7, 11) is 0. The highest BCUT2D eigenvalue weighted by Gasteiger charge is 2.47. The van der Waals surface area contributed by atoms with Gasteiger partial charge >= 0.3 is 6.09 Å². The van der Waals surface area contributed by atoms with Crippen molar-refractivity contribution in [2.45, 2.75) is 39.4 Å². The minimum absolute atomic E-state index is 0.231. The molecule has 23 heavy (non-hydrogen) atoms. The first-order valence-corrected chi connectivity index (χ1v) is 7.63. The maximum Gasteiger partial charge on any atom is 0.417 e. The van der Waals surface area contributed by atoms with E-state index < -0.39 is 23.7 Å². The number of carbonyl (C=O) groups excluding carboxylic acids is 2. The Hall–Kier alpha value is -2.37. The smallest absolute Gasteiger partial charge is 0.417 e. The van der Waals surface area contributed by atoms with Gasteiger partial charge in [0.25, 0.3) is 0 Å². The van der Waals surface area contributed by atoms with Crippen molar-refractivity contribution in [1.82, 2.24) is 4.90 Å². The van der Waals surface area contributed by atoms with Gasteiger partial charge in [-0.3, -0.25) is 4.79 Å². The largest absolute Gasteiger partial charge is 0.441 e. The van der Waals surface area contributed by atoms with Gasteiger partial charge in [-0.15, -0.1) is 0 Å². The highest BCUT2D eigenvalue weighted by Crippen LogP contribution is 2.29. The zero-order valence-electron chi connectivity index (χ0n) is 13.7. The number of nitrogens with zero attached hydrogens (tertiary/aromatic N) is 2. The number of rotatable bonds is 2. The lowest BCUT2D eigenvalue weighted by Gasteiger charge is -2.20. The van der Waals surface area contributed by atoms with Gasteiger partial charge in [-0.05, 0) is 27.7 Å². The van der Waals surface area contributed by atoms with E-state index in [1.54, 1.807) is 20.8 Å². The lowest BCUT2D eigenvalue weighted by molar-refractivity contribution is -0.132. The summed E-state index contributed by atoms with van der Waals surface area (Å²) in [6, 6.07) is 7.72. The van der Waals surface area contributed by atoms with Crippen molar-refractivity contribution in [2.24, 2.45) is 11.1 Å². The Balaban J connectivity index is 1.88. The molecule has 2 heterocycles. The second-order valence-electron chi connectivity index (χ2n) is 6.68. The van der Waals surface area contributed by atoms with Crippen molar-refractivity contribution in [1.29, 1.82) is 0 Å². The quantitative estimate of drug-likeness (QED) is 0.840. The van der Waals surface area contributed by atoms with Crippen LogP contribution in [0.3, 0.4) is 0 Å². The van der Waals surface area contributed by atoms with E-state index >= 15 is 0 Å². The summed E-state index contributed by atoms with van der Waals surface area (Å²) < 4.78 is 5.22. The average molecular weight is 316 g/mol. The van der Waals surface area contributed by atoms with Crippen LogP contribution in [0.2, 0.25) is 0 Å². The summed E-state index contributed by atoms with van der Waals surface area (Å²) in [6.45, 7) is 7.56. The van der Waals surface area contributed by atoms with Crippen molar-refractivity contribution in [3.05, 3.63) is 35.4 Å². The van der Waals surface area contributed by atoms with Gasteiger partial charge in [0, 0.05) is 5.56 Å². The highest BCUT2D eigenvalue weighted by atomic mass is 16.6. The predicted octanol–water partition coefficient (Wildman–Crippen LogP) is 2.49. The fourth-order valence-electron chi connectivity index (χ4n) is 2.86. The van der Waals surface area contributed by atoms with E-state index in [4.69, 9.17) is 9.57 Å².